The van der Waals surface area contributed by atoms with E-state index >= 15 is 0 Å². The van der Waals surface area contributed by atoms with Crippen LogP contribution in [-0.2, 0) is 6.54 Å². The molecule has 34 heavy (non-hydrogen) atoms. The monoisotopic (exact) mass is 490 g/mol. The smallest absolute Gasteiger partial charge is 0.259 e. The number of halogens is 1. The number of hydrogen-bond acceptors (Lipinski definition) is 3. The lowest BCUT2D eigenvalue weighted by Crippen LogP contribution is -2.41. The van der Waals surface area contributed by atoms with Gasteiger partial charge in [0, 0.05) is 26.4 Å². The summed E-state index contributed by atoms with van der Waals surface area (Å²) in [6, 6.07) is 21.1. The van der Waals surface area contributed by atoms with Gasteiger partial charge in [-0.15, -0.1) is 0 Å². The first-order valence-electron chi connectivity index (χ1n) is 11.8. The average molecular weight is 491 g/mol. The van der Waals surface area contributed by atoms with Gasteiger partial charge in [0.1, 0.15) is 0 Å². The SMILES string of the molecule is C[C@@H]1CCCC[C@@H]1NC(=O)c1ccc2c(c1)N(Cc1ccccc1Cl)C(=O)c1ccccc1S2. The molecule has 6 heteroatoms. The molecule has 1 saturated carbocycles. The average Bonchev–Trinajstić information content (AvgIpc) is 2.96. The standard InChI is InChI=1S/C28H27ClN2O2S/c1-18-8-2-6-12-23(18)30-27(32)19-14-15-26-24(16-19)31(17-20-9-3-5-11-22(20)29)28(33)21-10-4-7-13-25(21)34-26/h3-5,7,9-11,13-16,18,23H,2,6,8,12,17H2,1H3,(H,30,32)/t18-,23+/m1/s1. The first kappa shape index (κ1) is 23.0. The van der Waals surface area contributed by atoms with Crippen LogP contribution in [0.1, 0.15) is 58.9 Å². The van der Waals surface area contributed by atoms with Crippen molar-refractivity contribution in [3.05, 3.63) is 88.4 Å². The summed E-state index contributed by atoms with van der Waals surface area (Å²) in [7, 11) is 0. The summed E-state index contributed by atoms with van der Waals surface area (Å²) in [5, 5.41) is 3.85. The molecule has 174 valence electrons. The molecule has 0 saturated heterocycles. The molecule has 1 aliphatic carbocycles. The maximum absolute atomic E-state index is 13.7. The molecular formula is C28H27ClN2O2S. The van der Waals surface area contributed by atoms with Crippen LogP contribution < -0.4 is 10.2 Å². The van der Waals surface area contributed by atoms with Crippen LogP contribution in [0.2, 0.25) is 5.02 Å². The Labute approximate surface area is 209 Å². The zero-order valence-corrected chi connectivity index (χ0v) is 20.7. The van der Waals surface area contributed by atoms with Gasteiger partial charge < -0.3 is 10.2 Å². The van der Waals surface area contributed by atoms with E-state index < -0.39 is 0 Å². The molecule has 0 radical (unpaired) electrons. The third-order valence-corrected chi connectivity index (χ3v) is 8.32. The Kier molecular flexibility index (Phi) is 6.66. The summed E-state index contributed by atoms with van der Waals surface area (Å²) in [5.74, 6) is 0.292. The second-order valence-electron chi connectivity index (χ2n) is 9.11. The molecule has 1 fully saturated rings. The first-order valence-corrected chi connectivity index (χ1v) is 13.0. The molecule has 2 aliphatic rings. The van der Waals surface area contributed by atoms with E-state index in [2.05, 4.69) is 12.2 Å². The van der Waals surface area contributed by atoms with Crippen molar-refractivity contribution < 1.29 is 9.59 Å². The number of rotatable bonds is 4. The van der Waals surface area contributed by atoms with Gasteiger partial charge in [0.15, 0.2) is 0 Å². The molecule has 1 heterocycles. The topological polar surface area (TPSA) is 49.4 Å². The van der Waals surface area contributed by atoms with E-state index in [-0.39, 0.29) is 17.9 Å². The molecule has 5 rings (SSSR count). The molecule has 4 nitrogen and oxygen atoms in total. The van der Waals surface area contributed by atoms with Crippen molar-refractivity contribution in [2.45, 2.75) is 55.0 Å². The maximum Gasteiger partial charge on any atom is 0.259 e. The van der Waals surface area contributed by atoms with E-state index in [1.54, 1.807) is 16.7 Å². The van der Waals surface area contributed by atoms with Crippen LogP contribution in [0.3, 0.4) is 0 Å². The van der Waals surface area contributed by atoms with Gasteiger partial charge in [0.25, 0.3) is 11.8 Å². The Morgan fingerprint density at radius 2 is 1.79 bits per heavy atom. The van der Waals surface area contributed by atoms with Crippen molar-refractivity contribution in [1.29, 1.82) is 0 Å². The van der Waals surface area contributed by atoms with Gasteiger partial charge in [-0.2, -0.15) is 0 Å². The number of benzene rings is 3. The second kappa shape index (κ2) is 9.85. The Morgan fingerprint density at radius 3 is 2.62 bits per heavy atom. The highest BCUT2D eigenvalue weighted by molar-refractivity contribution is 7.99. The number of amides is 2. The number of hydrogen-bond donors (Lipinski definition) is 1. The van der Waals surface area contributed by atoms with Gasteiger partial charge in [-0.3, -0.25) is 9.59 Å². The zero-order chi connectivity index (χ0) is 23.7. The highest BCUT2D eigenvalue weighted by atomic mass is 35.5. The fourth-order valence-corrected chi connectivity index (χ4v) is 6.05. The predicted molar refractivity (Wildman–Crippen MR) is 138 cm³/mol. The molecule has 0 bridgehead atoms. The van der Waals surface area contributed by atoms with Crippen LogP contribution in [0, 0.1) is 5.92 Å². The summed E-state index contributed by atoms with van der Waals surface area (Å²) in [6.07, 6.45) is 4.53. The number of carbonyl (C=O) groups is 2. The van der Waals surface area contributed by atoms with E-state index in [0.717, 1.165) is 40.3 Å². The quantitative estimate of drug-likeness (QED) is 0.430. The molecular weight excluding hydrogens is 464 g/mol. The Bertz CT molecular complexity index is 1240. The van der Waals surface area contributed by atoms with Gasteiger partial charge in [0.05, 0.1) is 17.8 Å². The van der Waals surface area contributed by atoms with Crippen molar-refractivity contribution in [1.82, 2.24) is 5.32 Å². The zero-order valence-electron chi connectivity index (χ0n) is 19.1. The molecule has 0 unspecified atom stereocenters. The highest BCUT2D eigenvalue weighted by Crippen LogP contribution is 2.42. The van der Waals surface area contributed by atoms with Gasteiger partial charge in [0.2, 0.25) is 0 Å². The summed E-state index contributed by atoms with van der Waals surface area (Å²) in [4.78, 5) is 30.5. The van der Waals surface area contributed by atoms with Gasteiger partial charge >= 0.3 is 0 Å². The predicted octanol–water partition coefficient (Wildman–Crippen LogP) is 6.96. The minimum absolute atomic E-state index is 0.0848. The molecule has 3 aromatic rings. The molecule has 2 amide bonds. The van der Waals surface area contributed by atoms with Gasteiger partial charge in [-0.05, 0) is 60.7 Å². The van der Waals surface area contributed by atoms with Crippen LogP contribution in [0.15, 0.2) is 76.5 Å². The van der Waals surface area contributed by atoms with E-state index in [1.807, 2.05) is 66.7 Å². The molecule has 3 aromatic carbocycles. The van der Waals surface area contributed by atoms with Crippen molar-refractivity contribution in [2.24, 2.45) is 5.92 Å². The fraction of sp³-hybridized carbons (Fsp3) is 0.286. The first-order chi connectivity index (χ1) is 16.5. The van der Waals surface area contributed by atoms with E-state index in [1.165, 1.54) is 6.42 Å². The minimum atomic E-state index is -0.0970. The summed E-state index contributed by atoms with van der Waals surface area (Å²) in [5.41, 5.74) is 2.81. The van der Waals surface area contributed by atoms with Crippen molar-refractivity contribution in [3.63, 3.8) is 0 Å². The number of nitrogens with one attached hydrogen (secondary N) is 1. The van der Waals surface area contributed by atoms with Crippen molar-refractivity contribution in [2.75, 3.05) is 4.90 Å². The van der Waals surface area contributed by atoms with E-state index in [4.69, 9.17) is 11.6 Å². The number of fused-ring (bicyclic) bond motifs is 2. The summed E-state index contributed by atoms with van der Waals surface area (Å²) >= 11 is 8.01. The minimum Gasteiger partial charge on any atom is -0.349 e. The lowest BCUT2D eigenvalue weighted by atomic mass is 9.86. The van der Waals surface area contributed by atoms with Crippen LogP contribution >= 0.6 is 23.4 Å². The van der Waals surface area contributed by atoms with Gasteiger partial charge in [-0.25, -0.2) is 0 Å². The van der Waals surface area contributed by atoms with Crippen LogP contribution in [0.25, 0.3) is 0 Å². The summed E-state index contributed by atoms with van der Waals surface area (Å²) < 4.78 is 0. The lowest BCUT2D eigenvalue weighted by Gasteiger charge is -2.29. The van der Waals surface area contributed by atoms with Crippen LogP contribution in [0.4, 0.5) is 5.69 Å². The van der Waals surface area contributed by atoms with E-state index in [9.17, 15) is 9.59 Å². The van der Waals surface area contributed by atoms with E-state index in [0.29, 0.717) is 28.6 Å². The fourth-order valence-electron chi connectivity index (χ4n) is 4.80. The Morgan fingerprint density at radius 1 is 1.03 bits per heavy atom. The molecule has 2 atom stereocenters. The molecule has 1 aliphatic heterocycles. The third-order valence-electron chi connectivity index (χ3n) is 6.81. The van der Waals surface area contributed by atoms with Crippen molar-refractivity contribution in [3.8, 4) is 0 Å². The molecule has 0 spiro atoms. The van der Waals surface area contributed by atoms with Crippen LogP contribution in [0.5, 0.6) is 0 Å². The Hall–Kier alpha value is -2.76. The number of nitrogens with zero attached hydrogens (tertiary/aromatic N) is 1. The second-order valence-corrected chi connectivity index (χ2v) is 10.6. The molecule has 0 aromatic heterocycles. The largest absolute Gasteiger partial charge is 0.349 e. The maximum atomic E-state index is 13.7. The normalized spacial score (nSPS) is 19.7. The number of carbonyl (C=O) groups excluding carboxylic acids is 2. The van der Waals surface area contributed by atoms with Crippen LogP contribution in [-0.4, -0.2) is 17.9 Å². The summed E-state index contributed by atoms with van der Waals surface area (Å²) in [6.45, 7) is 2.53. The van der Waals surface area contributed by atoms with Crippen molar-refractivity contribution >= 4 is 40.9 Å². The third kappa shape index (κ3) is 4.59. The Balaban J connectivity index is 1.53. The molecule has 1 N–H and O–H groups in total. The van der Waals surface area contributed by atoms with Gasteiger partial charge in [-0.1, -0.05) is 73.5 Å². The highest BCUT2D eigenvalue weighted by Gasteiger charge is 2.29. The number of anilines is 1. The lowest BCUT2D eigenvalue weighted by molar-refractivity contribution is 0.0908.